The monoisotopic (exact) mass is 617 g/mol. The molecular formula is C32H32BrN3O5. The fourth-order valence-corrected chi connectivity index (χ4v) is 4.94. The number of fused-ring (bicyclic) bond motifs is 2. The van der Waals surface area contributed by atoms with Crippen LogP contribution in [0, 0.1) is 0 Å². The van der Waals surface area contributed by atoms with Gasteiger partial charge in [0.2, 0.25) is 6.79 Å². The van der Waals surface area contributed by atoms with E-state index in [-0.39, 0.29) is 18.3 Å². The second kappa shape index (κ2) is 12.6. The van der Waals surface area contributed by atoms with E-state index in [1.165, 1.54) is 4.68 Å². The predicted molar refractivity (Wildman–Crippen MR) is 164 cm³/mol. The minimum absolute atomic E-state index is 0.0372. The lowest BCUT2D eigenvalue weighted by Crippen LogP contribution is -2.23. The maximum absolute atomic E-state index is 13.5. The zero-order chi connectivity index (χ0) is 28.9. The number of aromatic nitrogens is 2. The molecule has 0 bridgehead atoms. The van der Waals surface area contributed by atoms with Crippen molar-refractivity contribution in [1.82, 2.24) is 9.66 Å². The van der Waals surface area contributed by atoms with Crippen LogP contribution in [0.25, 0.3) is 10.9 Å². The standard InChI is InChI=1S/C32H32BrN3O5/c1-5-8-23-13-22(15-29(38-7-3)30(23)39-18-21-9-12-27-28(14-21)41-19-40-27)17-34-36-31(20(4)6-2)35-26-11-10-24(33)16-25(26)32(36)37/h5,9-17,20H,1,6-8,18-19H2,2-4H3/t20-/m0/s1. The molecule has 8 nitrogen and oxygen atoms in total. The van der Waals surface area contributed by atoms with Gasteiger partial charge in [0.15, 0.2) is 23.0 Å². The summed E-state index contributed by atoms with van der Waals surface area (Å²) >= 11 is 3.46. The van der Waals surface area contributed by atoms with E-state index in [0.29, 0.717) is 53.6 Å². The van der Waals surface area contributed by atoms with Crippen molar-refractivity contribution in [2.75, 3.05) is 13.4 Å². The fraction of sp³-hybridized carbons (Fsp3) is 0.281. The second-order valence-electron chi connectivity index (χ2n) is 9.71. The van der Waals surface area contributed by atoms with Crippen LogP contribution in [0.4, 0.5) is 0 Å². The SMILES string of the molecule is C=CCc1cc(C=Nn2c([C@@H](C)CC)nc3ccc(Br)cc3c2=O)cc(OCC)c1OCc1ccc2c(c1)OCO2. The van der Waals surface area contributed by atoms with Crippen molar-refractivity contribution >= 4 is 33.0 Å². The summed E-state index contributed by atoms with van der Waals surface area (Å²) in [5, 5.41) is 5.14. The van der Waals surface area contributed by atoms with Gasteiger partial charge in [-0.15, -0.1) is 6.58 Å². The lowest BCUT2D eigenvalue weighted by Gasteiger charge is -2.17. The Bertz CT molecular complexity index is 1680. The molecule has 1 aromatic heterocycles. The molecule has 0 saturated carbocycles. The summed E-state index contributed by atoms with van der Waals surface area (Å²) in [6.45, 7) is 10.9. The molecule has 0 aliphatic carbocycles. The quantitative estimate of drug-likeness (QED) is 0.133. The highest BCUT2D eigenvalue weighted by molar-refractivity contribution is 9.10. The molecule has 2 heterocycles. The summed E-state index contributed by atoms with van der Waals surface area (Å²) < 4.78 is 25.4. The average Bonchev–Trinajstić information content (AvgIpc) is 3.44. The van der Waals surface area contributed by atoms with Crippen LogP contribution in [0.1, 0.15) is 55.6 Å². The Balaban J connectivity index is 1.52. The van der Waals surface area contributed by atoms with Gasteiger partial charge in [0, 0.05) is 16.0 Å². The summed E-state index contributed by atoms with van der Waals surface area (Å²) in [5.41, 5.74) is 3.03. The first kappa shape index (κ1) is 28.4. The molecule has 0 saturated heterocycles. The molecule has 0 N–H and O–H groups in total. The van der Waals surface area contributed by atoms with E-state index in [9.17, 15) is 4.79 Å². The van der Waals surface area contributed by atoms with Crippen LogP contribution in [0.5, 0.6) is 23.0 Å². The molecular weight excluding hydrogens is 586 g/mol. The van der Waals surface area contributed by atoms with Crippen molar-refractivity contribution < 1.29 is 18.9 Å². The molecule has 0 amide bonds. The minimum atomic E-state index is -0.220. The van der Waals surface area contributed by atoms with Crippen LogP contribution < -0.4 is 24.5 Å². The van der Waals surface area contributed by atoms with Crippen LogP contribution in [-0.2, 0) is 13.0 Å². The van der Waals surface area contributed by atoms with Crippen molar-refractivity contribution in [3.05, 3.63) is 98.5 Å². The minimum Gasteiger partial charge on any atom is -0.490 e. The molecule has 3 aromatic carbocycles. The van der Waals surface area contributed by atoms with Gasteiger partial charge in [0.1, 0.15) is 12.4 Å². The molecule has 0 unspecified atom stereocenters. The Morgan fingerprint density at radius 2 is 1.95 bits per heavy atom. The number of hydrogen-bond donors (Lipinski definition) is 0. The summed E-state index contributed by atoms with van der Waals surface area (Å²) in [6, 6.07) is 15.1. The molecule has 5 rings (SSSR count). The third-order valence-corrected chi connectivity index (χ3v) is 7.34. The predicted octanol–water partition coefficient (Wildman–Crippen LogP) is 6.99. The second-order valence-corrected chi connectivity index (χ2v) is 10.6. The lowest BCUT2D eigenvalue weighted by molar-refractivity contribution is 0.174. The molecule has 41 heavy (non-hydrogen) atoms. The Hall–Kier alpha value is -4.11. The van der Waals surface area contributed by atoms with Gasteiger partial charge in [-0.05, 0) is 73.4 Å². The molecule has 1 aliphatic rings. The maximum atomic E-state index is 13.5. The highest BCUT2D eigenvalue weighted by Crippen LogP contribution is 2.36. The van der Waals surface area contributed by atoms with E-state index >= 15 is 0 Å². The summed E-state index contributed by atoms with van der Waals surface area (Å²) in [4.78, 5) is 18.3. The molecule has 9 heteroatoms. The van der Waals surface area contributed by atoms with Crippen molar-refractivity contribution in [1.29, 1.82) is 0 Å². The Morgan fingerprint density at radius 3 is 2.73 bits per heavy atom. The number of nitrogens with zero attached hydrogens (tertiary/aromatic N) is 3. The average molecular weight is 619 g/mol. The van der Waals surface area contributed by atoms with Crippen LogP contribution >= 0.6 is 15.9 Å². The van der Waals surface area contributed by atoms with Crippen molar-refractivity contribution in [3.63, 3.8) is 0 Å². The zero-order valence-corrected chi connectivity index (χ0v) is 24.9. The Labute approximate surface area is 247 Å². The molecule has 1 atom stereocenters. The van der Waals surface area contributed by atoms with Crippen LogP contribution in [0.2, 0.25) is 0 Å². The van der Waals surface area contributed by atoms with Gasteiger partial charge >= 0.3 is 0 Å². The molecule has 4 aromatic rings. The molecule has 0 fully saturated rings. The summed E-state index contributed by atoms with van der Waals surface area (Å²) in [6.07, 6.45) is 4.85. The maximum Gasteiger partial charge on any atom is 0.282 e. The van der Waals surface area contributed by atoms with Crippen molar-refractivity contribution in [2.45, 2.75) is 46.1 Å². The number of rotatable bonds is 11. The van der Waals surface area contributed by atoms with E-state index in [4.69, 9.17) is 23.9 Å². The fourth-order valence-electron chi connectivity index (χ4n) is 4.58. The summed E-state index contributed by atoms with van der Waals surface area (Å²) in [7, 11) is 0. The van der Waals surface area contributed by atoms with Crippen LogP contribution in [-0.4, -0.2) is 29.3 Å². The highest BCUT2D eigenvalue weighted by Gasteiger charge is 2.18. The normalized spacial score (nSPS) is 13.1. The van der Waals surface area contributed by atoms with E-state index in [0.717, 1.165) is 33.3 Å². The van der Waals surface area contributed by atoms with Crippen molar-refractivity contribution in [3.8, 4) is 23.0 Å². The Morgan fingerprint density at radius 1 is 1.12 bits per heavy atom. The molecule has 212 valence electrons. The largest absolute Gasteiger partial charge is 0.490 e. The van der Waals surface area contributed by atoms with Crippen LogP contribution in [0.15, 0.2) is 75.6 Å². The first-order valence-electron chi connectivity index (χ1n) is 13.6. The lowest BCUT2D eigenvalue weighted by atomic mass is 10.1. The van der Waals surface area contributed by atoms with Gasteiger partial charge in [-0.25, -0.2) is 4.98 Å². The zero-order valence-electron chi connectivity index (χ0n) is 23.4. The van der Waals surface area contributed by atoms with Gasteiger partial charge in [-0.1, -0.05) is 41.9 Å². The number of benzene rings is 3. The van der Waals surface area contributed by atoms with E-state index < -0.39 is 0 Å². The number of halogens is 1. The van der Waals surface area contributed by atoms with Gasteiger partial charge < -0.3 is 18.9 Å². The van der Waals surface area contributed by atoms with E-state index in [1.807, 2.05) is 62.4 Å². The molecule has 0 spiro atoms. The number of ether oxygens (including phenoxy) is 4. The van der Waals surface area contributed by atoms with Gasteiger partial charge in [-0.3, -0.25) is 4.79 Å². The smallest absolute Gasteiger partial charge is 0.282 e. The first-order chi connectivity index (χ1) is 19.9. The van der Waals surface area contributed by atoms with E-state index in [1.54, 1.807) is 12.3 Å². The number of allylic oxidation sites excluding steroid dienone is 1. The summed E-state index contributed by atoms with van der Waals surface area (Å²) in [5.74, 6) is 3.31. The van der Waals surface area contributed by atoms with Gasteiger partial charge in [0.25, 0.3) is 5.56 Å². The highest BCUT2D eigenvalue weighted by atomic mass is 79.9. The van der Waals surface area contributed by atoms with Crippen molar-refractivity contribution in [2.24, 2.45) is 5.10 Å². The van der Waals surface area contributed by atoms with Gasteiger partial charge in [-0.2, -0.15) is 9.78 Å². The first-order valence-corrected chi connectivity index (χ1v) is 14.4. The van der Waals surface area contributed by atoms with Gasteiger partial charge in [0.05, 0.1) is 23.7 Å². The Kier molecular flexibility index (Phi) is 8.73. The third-order valence-electron chi connectivity index (χ3n) is 6.85. The molecule has 1 aliphatic heterocycles. The van der Waals surface area contributed by atoms with Crippen LogP contribution in [0.3, 0.4) is 0 Å². The topological polar surface area (TPSA) is 84.2 Å². The number of hydrogen-bond acceptors (Lipinski definition) is 7. The third kappa shape index (κ3) is 6.15. The van der Waals surface area contributed by atoms with E-state index in [2.05, 4.69) is 34.5 Å². The molecule has 0 radical (unpaired) electrons.